The lowest BCUT2D eigenvalue weighted by Gasteiger charge is -2.39. The molecule has 1 aliphatic rings. The summed E-state index contributed by atoms with van der Waals surface area (Å²) in [6.07, 6.45) is 0.450. The molecule has 0 radical (unpaired) electrons. The zero-order valence-electron chi connectivity index (χ0n) is 7.64. The van der Waals surface area contributed by atoms with Crippen molar-refractivity contribution in [3.05, 3.63) is 0 Å². The molecule has 1 saturated heterocycles. The molecule has 0 aliphatic carbocycles. The van der Waals surface area contributed by atoms with Crippen LogP contribution in [0.5, 0.6) is 0 Å². The normalized spacial score (nSPS) is 19.8. The standard InChI is InChI=1S/C8H16N2O2/c1-8(5-10-6-8)12-4-3-7(11)9-2/h10H,3-6H2,1-2H3,(H,9,11). The van der Waals surface area contributed by atoms with Crippen LogP contribution in [0.25, 0.3) is 0 Å². The van der Waals surface area contributed by atoms with E-state index in [2.05, 4.69) is 10.6 Å². The van der Waals surface area contributed by atoms with Crippen molar-refractivity contribution in [2.45, 2.75) is 18.9 Å². The van der Waals surface area contributed by atoms with Crippen LogP contribution in [0.15, 0.2) is 0 Å². The lowest BCUT2D eigenvalue weighted by Crippen LogP contribution is -2.59. The van der Waals surface area contributed by atoms with Crippen molar-refractivity contribution < 1.29 is 9.53 Å². The van der Waals surface area contributed by atoms with Gasteiger partial charge in [-0.05, 0) is 6.92 Å². The Morgan fingerprint density at radius 3 is 2.75 bits per heavy atom. The van der Waals surface area contributed by atoms with Crippen molar-refractivity contribution in [1.29, 1.82) is 0 Å². The van der Waals surface area contributed by atoms with Gasteiger partial charge in [0.25, 0.3) is 0 Å². The number of carbonyl (C=O) groups is 1. The summed E-state index contributed by atoms with van der Waals surface area (Å²) in [7, 11) is 1.63. The predicted octanol–water partition coefficient (Wildman–Crippen LogP) is -0.499. The molecule has 4 nitrogen and oxygen atoms in total. The average molecular weight is 172 g/mol. The summed E-state index contributed by atoms with van der Waals surface area (Å²) in [5.41, 5.74) is -0.0337. The van der Waals surface area contributed by atoms with Crippen molar-refractivity contribution in [2.75, 3.05) is 26.7 Å². The quantitative estimate of drug-likeness (QED) is 0.601. The summed E-state index contributed by atoms with van der Waals surface area (Å²) in [5, 5.41) is 5.68. The molecule has 0 aromatic rings. The molecule has 0 spiro atoms. The van der Waals surface area contributed by atoms with E-state index >= 15 is 0 Å². The molecule has 0 saturated carbocycles. The van der Waals surface area contributed by atoms with Crippen LogP contribution < -0.4 is 10.6 Å². The van der Waals surface area contributed by atoms with Crippen LogP contribution in [0.4, 0.5) is 0 Å². The van der Waals surface area contributed by atoms with Gasteiger partial charge in [-0.1, -0.05) is 0 Å². The van der Waals surface area contributed by atoms with Crippen LogP contribution in [0.2, 0.25) is 0 Å². The van der Waals surface area contributed by atoms with Gasteiger partial charge in [0.1, 0.15) is 0 Å². The molecule has 70 valence electrons. The molecule has 4 heteroatoms. The maximum absolute atomic E-state index is 10.8. The van der Waals surface area contributed by atoms with E-state index in [9.17, 15) is 4.79 Å². The Hall–Kier alpha value is -0.610. The monoisotopic (exact) mass is 172 g/mol. The molecule has 1 heterocycles. The van der Waals surface area contributed by atoms with E-state index in [-0.39, 0.29) is 11.5 Å². The fourth-order valence-corrected chi connectivity index (χ4v) is 1.09. The van der Waals surface area contributed by atoms with E-state index in [0.29, 0.717) is 13.0 Å². The summed E-state index contributed by atoms with van der Waals surface area (Å²) in [4.78, 5) is 10.8. The molecular weight excluding hydrogens is 156 g/mol. The van der Waals surface area contributed by atoms with Gasteiger partial charge in [-0.3, -0.25) is 4.79 Å². The minimum atomic E-state index is -0.0337. The summed E-state index contributed by atoms with van der Waals surface area (Å²) in [5.74, 6) is 0.0332. The summed E-state index contributed by atoms with van der Waals surface area (Å²) in [6, 6.07) is 0. The number of rotatable bonds is 4. The molecular formula is C8H16N2O2. The summed E-state index contributed by atoms with van der Waals surface area (Å²) < 4.78 is 5.51. The minimum absolute atomic E-state index is 0.0332. The van der Waals surface area contributed by atoms with Gasteiger partial charge >= 0.3 is 0 Å². The Kier molecular flexibility index (Phi) is 3.05. The maximum atomic E-state index is 10.8. The first-order valence-corrected chi connectivity index (χ1v) is 4.21. The zero-order valence-corrected chi connectivity index (χ0v) is 7.64. The molecule has 0 unspecified atom stereocenters. The fourth-order valence-electron chi connectivity index (χ4n) is 1.09. The van der Waals surface area contributed by atoms with Crippen molar-refractivity contribution in [3.63, 3.8) is 0 Å². The van der Waals surface area contributed by atoms with Crippen LogP contribution in [0, 0.1) is 0 Å². The first-order chi connectivity index (χ1) is 5.66. The topological polar surface area (TPSA) is 50.4 Å². The highest BCUT2D eigenvalue weighted by molar-refractivity contribution is 5.75. The maximum Gasteiger partial charge on any atom is 0.222 e. The third-order valence-electron chi connectivity index (χ3n) is 2.06. The minimum Gasteiger partial charge on any atom is -0.372 e. The van der Waals surface area contributed by atoms with E-state index in [1.165, 1.54) is 0 Å². The Morgan fingerprint density at radius 1 is 1.67 bits per heavy atom. The number of ether oxygens (including phenoxy) is 1. The number of hydrogen-bond donors (Lipinski definition) is 2. The first-order valence-electron chi connectivity index (χ1n) is 4.21. The van der Waals surface area contributed by atoms with Gasteiger partial charge in [0, 0.05) is 26.6 Å². The molecule has 1 rings (SSSR count). The lowest BCUT2D eigenvalue weighted by molar-refractivity contribution is -0.124. The molecule has 0 atom stereocenters. The molecule has 1 amide bonds. The Bertz CT molecular complexity index is 166. The Labute approximate surface area is 72.7 Å². The lowest BCUT2D eigenvalue weighted by atomic mass is 10.0. The van der Waals surface area contributed by atoms with Crippen LogP contribution in [-0.2, 0) is 9.53 Å². The third-order valence-corrected chi connectivity index (χ3v) is 2.06. The van der Waals surface area contributed by atoms with Crippen LogP contribution in [0.1, 0.15) is 13.3 Å². The van der Waals surface area contributed by atoms with Gasteiger partial charge in [-0.25, -0.2) is 0 Å². The van der Waals surface area contributed by atoms with Gasteiger partial charge < -0.3 is 15.4 Å². The van der Waals surface area contributed by atoms with Crippen molar-refractivity contribution in [1.82, 2.24) is 10.6 Å². The van der Waals surface area contributed by atoms with E-state index in [1.54, 1.807) is 7.05 Å². The molecule has 0 aromatic heterocycles. The second kappa shape index (κ2) is 3.87. The smallest absolute Gasteiger partial charge is 0.222 e. The van der Waals surface area contributed by atoms with Crippen molar-refractivity contribution in [3.8, 4) is 0 Å². The highest BCUT2D eigenvalue weighted by Gasteiger charge is 2.32. The summed E-state index contributed by atoms with van der Waals surface area (Å²) in [6.45, 7) is 4.34. The van der Waals surface area contributed by atoms with E-state index in [0.717, 1.165) is 13.1 Å². The average Bonchev–Trinajstić information content (AvgIpc) is 2.01. The third kappa shape index (κ3) is 2.46. The van der Waals surface area contributed by atoms with Crippen molar-refractivity contribution >= 4 is 5.91 Å². The summed E-state index contributed by atoms with van der Waals surface area (Å²) >= 11 is 0. The van der Waals surface area contributed by atoms with Crippen molar-refractivity contribution in [2.24, 2.45) is 0 Å². The van der Waals surface area contributed by atoms with Gasteiger partial charge in [-0.2, -0.15) is 0 Å². The largest absolute Gasteiger partial charge is 0.372 e. The van der Waals surface area contributed by atoms with Gasteiger partial charge in [0.05, 0.1) is 12.2 Å². The van der Waals surface area contributed by atoms with E-state index < -0.39 is 0 Å². The van der Waals surface area contributed by atoms with Gasteiger partial charge in [0.2, 0.25) is 5.91 Å². The molecule has 2 N–H and O–H groups in total. The number of carbonyl (C=O) groups excluding carboxylic acids is 1. The molecule has 12 heavy (non-hydrogen) atoms. The number of amides is 1. The number of hydrogen-bond acceptors (Lipinski definition) is 3. The second-order valence-electron chi connectivity index (χ2n) is 3.33. The van der Waals surface area contributed by atoms with Gasteiger partial charge in [0.15, 0.2) is 0 Å². The Morgan fingerprint density at radius 2 is 2.33 bits per heavy atom. The van der Waals surface area contributed by atoms with Crippen LogP contribution >= 0.6 is 0 Å². The highest BCUT2D eigenvalue weighted by Crippen LogP contribution is 2.14. The second-order valence-corrected chi connectivity index (χ2v) is 3.33. The predicted molar refractivity (Wildman–Crippen MR) is 45.9 cm³/mol. The van der Waals surface area contributed by atoms with Crippen LogP contribution in [0.3, 0.4) is 0 Å². The molecule has 0 bridgehead atoms. The highest BCUT2D eigenvalue weighted by atomic mass is 16.5. The molecule has 0 aromatic carbocycles. The fraction of sp³-hybridized carbons (Fsp3) is 0.875. The molecule has 1 aliphatic heterocycles. The van der Waals surface area contributed by atoms with Crippen LogP contribution in [-0.4, -0.2) is 38.3 Å². The Balaban J connectivity index is 2.05. The molecule has 1 fully saturated rings. The SMILES string of the molecule is CNC(=O)CCOC1(C)CNC1. The van der Waals surface area contributed by atoms with E-state index in [4.69, 9.17) is 4.74 Å². The zero-order chi connectivity index (χ0) is 9.03. The van der Waals surface area contributed by atoms with Gasteiger partial charge in [-0.15, -0.1) is 0 Å². The van der Waals surface area contributed by atoms with E-state index in [1.807, 2.05) is 6.92 Å². The number of nitrogens with one attached hydrogen (secondary N) is 2. The first kappa shape index (κ1) is 9.48.